The van der Waals surface area contributed by atoms with Crippen molar-refractivity contribution in [1.29, 1.82) is 0 Å². The average Bonchev–Trinajstić information content (AvgIpc) is 3.30. The molecule has 0 radical (unpaired) electrons. The Morgan fingerprint density at radius 3 is 2.72 bits per heavy atom. The Balaban J connectivity index is 1.90. The van der Waals surface area contributed by atoms with Gasteiger partial charge in [-0.2, -0.15) is 0 Å². The number of nitrogens with one attached hydrogen (secondary N) is 2. The Morgan fingerprint density at radius 2 is 2.12 bits per heavy atom. The molecule has 1 saturated carbocycles. The largest absolute Gasteiger partial charge is 0.395 e. The number of hydrogen-bond donors (Lipinski definition) is 3. The predicted molar refractivity (Wildman–Crippen MR) is 102 cm³/mol. The third kappa shape index (κ3) is 4.22. The summed E-state index contributed by atoms with van der Waals surface area (Å²) in [7, 11) is -1.15. The number of aliphatic hydroxyl groups is 1. The third-order valence-electron chi connectivity index (χ3n) is 4.35. The molecule has 7 heteroatoms. The van der Waals surface area contributed by atoms with Crippen molar-refractivity contribution < 1.29 is 9.32 Å². The lowest BCUT2D eigenvalue weighted by Crippen LogP contribution is -2.34. The van der Waals surface area contributed by atoms with E-state index in [2.05, 4.69) is 22.3 Å². The van der Waals surface area contributed by atoms with Gasteiger partial charge in [-0.05, 0) is 58.1 Å². The Bertz CT molecular complexity index is 777. The van der Waals surface area contributed by atoms with Gasteiger partial charge in [0.05, 0.1) is 39.8 Å². The van der Waals surface area contributed by atoms with Gasteiger partial charge in [-0.1, -0.05) is 0 Å². The van der Waals surface area contributed by atoms with Crippen LogP contribution in [0.5, 0.6) is 0 Å². The van der Waals surface area contributed by atoms with Crippen LogP contribution < -0.4 is 10.0 Å². The highest BCUT2D eigenvalue weighted by molar-refractivity contribution is 7.84. The van der Waals surface area contributed by atoms with Gasteiger partial charge < -0.3 is 14.8 Å². The van der Waals surface area contributed by atoms with Crippen LogP contribution in [0.3, 0.4) is 0 Å². The van der Waals surface area contributed by atoms with Gasteiger partial charge in [-0.25, -0.2) is 13.9 Å². The van der Waals surface area contributed by atoms with E-state index >= 15 is 0 Å². The fourth-order valence-electron chi connectivity index (χ4n) is 2.71. The zero-order valence-corrected chi connectivity index (χ0v) is 16.2. The van der Waals surface area contributed by atoms with Crippen molar-refractivity contribution in [3.8, 4) is 0 Å². The molecule has 0 saturated heterocycles. The second-order valence-corrected chi connectivity index (χ2v) is 9.73. The summed E-state index contributed by atoms with van der Waals surface area (Å²) in [6.45, 7) is 8.40. The van der Waals surface area contributed by atoms with Gasteiger partial charge in [0.25, 0.3) is 0 Å². The molecule has 1 unspecified atom stereocenters. The smallest absolute Gasteiger partial charge is 0.160 e. The van der Waals surface area contributed by atoms with E-state index in [0.717, 1.165) is 17.0 Å². The van der Waals surface area contributed by atoms with E-state index in [4.69, 9.17) is 10.1 Å². The second-order valence-electron chi connectivity index (χ2n) is 7.73. The number of pyridine rings is 1. The molecule has 1 aliphatic carbocycles. The lowest BCUT2D eigenvalue weighted by atomic mass is 10.2. The van der Waals surface area contributed by atoms with Crippen molar-refractivity contribution >= 4 is 22.3 Å². The van der Waals surface area contributed by atoms with Crippen molar-refractivity contribution in [2.45, 2.75) is 57.2 Å². The van der Waals surface area contributed by atoms with E-state index in [9.17, 15) is 4.21 Å². The van der Waals surface area contributed by atoms with Gasteiger partial charge in [-0.15, -0.1) is 0 Å². The van der Waals surface area contributed by atoms with E-state index < -0.39 is 11.0 Å². The van der Waals surface area contributed by atoms with Crippen LogP contribution in [0.25, 0.3) is 5.65 Å². The number of aliphatic hydroxyl groups excluding tert-OH is 1. The van der Waals surface area contributed by atoms with Gasteiger partial charge in [0.1, 0.15) is 0 Å². The summed E-state index contributed by atoms with van der Waals surface area (Å²) in [6, 6.07) is 2.03. The molecule has 0 aromatic carbocycles. The highest BCUT2D eigenvalue weighted by Gasteiger charge is 2.26. The van der Waals surface area contributed by atoms with E-state index in [-0.39, 0.29) is 17.4 Å². The van der Waals surface area contributed by atoms with Gasteiger partial charge in [-0.3, -0.25) is 0 Å². The van der Waals surface area contributed by atoms with Crippen LogP contribution in [-0.2, 0) is 11.0 Å². The number of anilines is 1. The molecule has 0 bridgehead atoms. The van der Waals surface area contributed by atoms with Crippen molar-refractivity contribution in [2.24, 2.45) is 0 Å². The number of nitrogens with zero attached hydrogens (tertiary/aromatic N) is 2. The van der Waals surface area contributed by atoms with E-state index in [1.165, 1.54) is 18.4 Å². The van der Waals surface area contributed by atoms with E-state index in [1.807, 2.05) is 38.3 Å². The van der Waals surface area contributed by atoms with Gasteiger partial charge in [0.15, 0.2) is 5.65 Å². The molecule has 2 aromatic heterocycles. The minimum Gasteiger partial charge on any atom is -0.395 e. The van der Waals surface area contributed by atoms with Crippen LogP contribution in [0.1, 0.15) is 63.8 Å². The van der Waals surface area contributed by atoms with Crippen molar-refractivity contribution in [3.63, 3.8) is 0 Å². The summed E-state index contributed by atoms with van der Waals surface area (Å²) < 4.78 is 17.2. The minimum atomic E-state index is -1.15. The summed E-state index contributed by atoms with van der Waals surface area (Å²) in [6.07, 6.45) is 6.61. The molecule has 138 valence electrons. The Kier molecular flexibility index (Phi) is 5.18. The number of aromatic nitrogens is 2. The zero-order valence-electron chi connectivity index (χ0n) is 15.4. The van der Waals surface area contributed by atoms with Crippen LogP contribution in [0.2, 0.25) is 0 Å². The summed E-state index contributed by atoms with van der Waals surface area (Å²) >= 11 is 0. The maximum atomic E-state index is 12.3. The number of fused-ring (bicyclic) bond motifs is 1. The minimum absolute atomic E-state index is 0.0793. The molecule has 3 N–H and O–H groups in total. The van der Waals surface area contributed by atoms with E-state index in [0.29, 0.717) is 12.5 Å². The van der Waals surface area contributed by atoms with E-state index in [1.54, 1.807) is 0 Å². The highest BCUT2D eigenvalue weighted by Crippen LogP contribution is 2.41. The summed E-state index contributed by atoms with van der Waals surface area (Å²) in [5.74, 6) is 0.633. The fraction of sp³-hybridized carbons (Fsp3) is 0.611. The van der Waals surface area contributed by atoms with Crippen LogP contribution >= 0.6 is 0 Å². The van der Waals surface area contributed by atoms with Crippen molar-refractivity contribution in [2.75, 3.05) is 18.5 Å². The zero-order chi connectivity index (χ0) is 18.2. The lowest BCUT2D eigenvalue weighted by molar-refractivity contribution is 0.311. The summed E-state index contributed by atoms with van der Waals surface area (Å²) in [5.41, 5.74) is 3.94. The normalized spacial score (nSPS) is 17.6. The molecule has 6 nitrogen and oxygen atoms in total. The molecule has 1 fully saturated rings. The molecule has 0 amide bonds. The molecule has 2 heterocycles. The average molecular weight is 365 g/mol. The van der Waals surface area contributed by atoms with Gasteiger partial charge in [0.2, 0.25) is 0 Å². The highest BCUT2D eigenvalue weighted by atomic mass is 32.2. The third-order valence-corrected chi connectivity index (χ3v) is 6.03. The van der Waals surface area contributed by atoms with Crippen molar-refractivity contribution in [3.05, 3.63) is 29.7 Å². The van der Waals surface area contributed by atoms with Crippen molar-refractivity contribution in [1.82, 2.24) is 14.1 Å². The first-order chi connectivity index (χ1) is 11.8. The molecular formula is C18H28N4O2S. The first-order valence-electron chi connectivity index (χ1n) is 8.85. The predicted octanol–water partition coefficient (Wildman–Crippen LogP) is 2.73. The first-order valence-corrected chi connectivity index (χ1v) is 10.00. The molecule has 2 aromatic rings. The fourth-order valence-corrected chi connectivity index (χ4v) is 3.50. The van der Waals surface area contributed by atoms with Crippen LogP contribution in [-0.4, -0.2) is 36.6 Å². The van der Waals surface area contributed by atoms with Gasteiger partial charge in [0, 0.05) is 18.9 Å². The summed E-state index contributed by atoms with van der Waals surface area (Å²) in [5, 5.41) is 12.4. The molecule has 3 rings (SSSR count). The molecule has 1 aliphatic rings. The molecule has 0 aliphatic heterocycles. The Labute approximate surface area is 151 Å². The monoisotopic (exact) mass is 364 g/mol. The molecule has 25 heavy (non-hydrogen) atoms. The molecule has 0 spiro atoms. The quantitative estimate of drug-likeness (QED) is 0.706. The standard InChI is InChI=1S/C18H28N4O2S/c1-12(21-25(24)18(2,3)4)16-11-22-10-14(13-5-6-13)9-15(17(22)20-16)19-7-8-23/h9-13,19,21,23H,5-8H2,1-4H3/t12-,25?/m1/s1. The second kappa shape index (κ2) is 7.05. The summed E-state index contributed by atoms with van der Waals surface area (Å²) in [4.78, 5) is 4.74. The number of rotatable bonds is 7. The maximum Gasteiger partial charge on any atom is 0.160 e. The van der Waals surface area contributed by atoms with Crippen LogP contribution in [0, 0.1) is 0 Å². The number of imidazole rings is 1. The first kappa shape index (κ1) is 18.4. The SMILES string of the molecule is C[C@@H](NS(=O)C(C)(C)C)c1cn2cc(C3CC3)cc(NCCO)c2n1. The Hall–Kier alpha value is -1.44. The topological polar surface area (TPSA) is 78.7 Å². The maximum absolute atomic E-state index is 12.3. The lowest BCUT2D eigenvalue weighted by Gasteiger charge is -2.20. The molecular weight excluding hydrogens is 336 g/mol. The molecule has 2 atom stereocenters. The van der Waals surface area contributed by atoms with Crippen LogP contribution in [0.15, 0.2) is 18.5 Å². The Morgan fingerprint density at radius 1 is 1.40 bits per heavy atom. The van der Waals surface area contributed by atoms with Crippen LogP contribution in [0.4, 0.5) is 5.69 Å². The number of hydrogen-bond acceptors (Lipinski definition) is 4. The van der Waals surface area contributed by atoms with Gasteiger partial charge >= 0.3 is 0 Å².